The van der Waals surface area contributed by atoms with Crippen molar-refractivity contribution in [2.45, 2.75) is 44.8 Å². The van der Waals surface area contributed by atoms with Gasteiger partial charge in [0.05, 0.1) is 0 Å². The van der Waals surface area contributed by atoms with Gasteiger partial charge in [-0.3, -0.25) is 9.69 Å². The molecular weight excluding hydrogens is 370 g/mol. The van der Waals surface area contributed by atoms with E-state index in [1.807, 2.05) is 12.1 Å². The lowest BCUT2D eigenvalue weighted by molar-refractivity contribution is 0.0963. The number of likely N-dealkylation sites (tertiary alicyclic amines) is 1. The quantitative estimate of drug-likeness (QED) is 0.732. The molecule has 2 atom stereocenters. The molecule has 2 aliphatic rings. The van der Waals surface area contributed by atoms with E-state index < -0.39 is 0 Å². The predicted octanol–water partition coefficient (Wildman–Crippen LogP) is 4.09. The summed E-state index contributed by atoms with van der Waals surface area (Å²) in [5.74, 6) is 0.669. The molecule has 2 fully saturated rings. The van der Waals surface area contributed by atoms with Crippen LogP contribution in [0.15, 0.2) is 60.2 Å². The first-order valence-corrected chi connectivity index (χ1v) is 11.1. The predicted molar refractivity (Wildman–Crippen MR) is 123 cm³/mol. The molecule has 0 spiro atoms. The van der Waals surface area contributed by atoms with Gasteiger partial charge in [-0.2, -0.15) is 0 Å². The van der Waals surface area contributed by atoms with Gasteiger partial charge in [0.1, 0.15) is 0 Å². The summed E-state index contributed by atoms with van der Waals surface area (Å²) < 4.78 is 0. The van der Waals surface area contributed by atoms with Crippen LogP contribution in [0.4, 0.5) is 0 Å². The summed E-state index contributed by atoms with van der Waals surface area (Å²) in [6.07, 6.45) is 6.03. The third kappa shape index (κ3) is 5.38. The average molecular weight is 404 g/mol. The maximum absolute atomic E-state index is 11.7. The van der Waals surface area contributed by atoms with Crippen LogP contribution in [0.3, 0.4) is 0 Å². The zero-order valence-corrected chi connectivity index (χ0v) is 18.1. The van der Waals surface area contributed by atoms with Crippen molar-refractivity contribution in [2.24, 2.45) is 5.92 Å². The SMILES string of the molecule is CNC(=O)c1ccc(CN2CCC(N[C@H]3CC3C(C)=Cc3ccccc3)CC2)cc1. The normalized spacial score (nSPS) is 22.7. The highest BCUT2D eigenvalue weighted by Gasteiger charge is 2.39. The maximum Gasteiger partial charge on any atom is 0.251 e. The van der Waals surface area contributed by atoms with Gasteiger partial charge in [0.15, 0.2) is 0 Å². The van der Waals surface area contributed by atoms with Crippen LogP contribution in [0.2, 0.25) is 0 Å². The molecule has 2 aromatic carbocycles. The number of nitrogens with zero attached hydrogens (tertiary/aromatic N) is 1. The molecule has 2 N–H and O–H groups in total. The fourth-order valence-electron chi connectivity index (χ4n) is 4.53. The van der Waals surface area contributed by atoms with Gasteiger partial charge >= 0.3 is 0 Å². The Morgan fingerprint density at radius 1 is 1.07 bits per heavy atom. The Morgan fingerprint density at radius 2 is 1.77 bits per heavy atom. The number of amides is 1. The molecule has 0 radical (unpaired) electrons. The number of carbonyl (C=O) groups excluding carboxylic acids is 1. The van der Waals surface area contributed by atoms with Crippen LogP contribution >= 0.6 is 0 Å². The monoisotopic (exact) mass is 403 g/mol. The van der Waals surface area contributed by atoms with Crippen LogP contribution in [0, 0.1) is 5.92 Å². The molecule has 0 bridgehead atoms. The van der Waals surface area contributed by atoms with Crippen LogP contribution in [-0.2, 0) is 6.54 Å². The molecule has 30 heavy (non-hydrogen) atoms. The lowest BCUT2D eigenvalue weighted by atomic mass is 10.0. The van der Waals surface area contributed by atoms with E-state index in [1.165, 1.54) is 36.0 Å². The van der Waals surface area contributed by atoms with Gasteiger partial charge < -0.3 is 10.6 Å². The minimum atomic E-state index is -0.0272. The van der Waals surface area contributed by atoms with Crippen LogP contribution < -0.4 is 10.6 Å². The molecule has 1 amide bonds. The second kappa shape index (κ2) is 9.59. The van der Waals surface area contributed by atoms with Crippen molar-refractivity contribution >= 4 is 12.0 Å². The second-order valence-electron chi connectivity index (χ2n) is 8.74. The largest absolute Gasteiger partial charge is 0.355 e. The first-order valence-electron chi connectivity index (χ1n) is 11.1. The first-order chi connectivity index (χ1) is 14.6. The Hall–Kier alpha value is -2.43. The minimum Gasteiger partial charge on any atom is -0.355 e. The van der Waals surface area contributed by atoms with Crippen LogP contribution in [0.5, 0.6) is 0 Å². The molecular formula is C26H33N3O. The summed E-state index contributed by atoms with van der Waals surface area (Å²) in [5, 5.41) is 6.58. The number of carbonyl (C=O) groups is 1. The fraction of sp³-hybridized carbons (Fsp3) is 0.423. The summed E-state index contributed by atoms with van der Waals surface area (Å²) >= 11 is 0. The molecule has 4 rings (SSSR count). The van der Waals surface area contributed by atoms with E-state index in [0.29, 0.717) is 18.0 Å². The van der Waals surface area contributed by atoms with Gasteiger partial charge in [0.2, 0.25) is 0 Å². The number of nitrogens with one attached hydrogen (secondary N) is 2. The molecule has 1 aliphatic heterocycles. The van der Waals surface area contributed by atoms with Crippen LogP contribution in [-0.4, -0.2) is 43.0 Å². The molecule has 1 heterocycles. The Bertz CT molecular complexity index is 867. The third-order valence-corrected chi connectivity index (χ3v) is 6.46. The van der Waals surface area contributed by atoms with E-state index in [2.05, 4.69) is 71.0 Å². The number of benzene rings is 2. The summed E-state index contributed by atoms with van der Waals surface area (Å²) in [6.45, 7) is 5.50. The van der Waals surface area contributed by atoms with E-state index in [1.54, 1.807) is 7.05 Å². The molecule has 1 saturated heterocycles. The topological polar surface area (TPSA) is 44.4 Å². The summed E-state index contributed by atoms with van der Waals surface area (Å²) in [7, 11) is 1.67. The van der Waals surface area contributed by atoms with Crippen LogP contribution in [0.25, 0.3) is 6.08 Å². The third-order valence-electron chi connectivity index (χ3n) is 6.46. The Morgan fingerprint density at radius 3 is 2.43 bits per heavy atom. The maximum atomic E-state index is 11.7. The molecule has 4 heteroatoms. The van der Waals surface area contributed by atoms with Crippen molar-refractivity contribution < 1.29 is 4.79 Å². The molecule has 1 aliphatic carbocycles. The summed E-state index contributed by atoms with van der Waals surface area (Å²) in [4.78, 5) is 14.2. The molecule has 0 aromatic heterocycles. The number of hydrogen-bond donors (Lipinski definition) is 2. The summed E-state index contributed by atoms with van der Waals surface area (Å²) in [6, 6.07) is 19.9. The summed E-state index contributed by atoms with van der Waals surface area (Å²) in [5.41, 5.74) is 4.80. The zero-order valence-electron chi connectivity index (χ0n) is 18.1. The van der Waals surface area contributed by atoms with Gasteiger partial charge in [0, 0.05) is 31.2 Å². The first kappa shape index (κ1) is 20.8. The van der Waals surface area contributed by atoms with Crippen LogP contribution in [0.1, 0.15) is 47.7 Å². The lowest BCUT2D eigenvalue weighted by Crippen LogP contribution is -2.43. The van der Waals surface area contributed by atoms with Crippen molar-refractivity contribution in [2.75, 3.05) is 20.1 Å². The number of rotatable bonds is 7. The van der Waals surface area contributed by atoms with Crippen molar-refractivity contribution in [3.05, 3.63) is 76.9 Å². The molecule has 158 valence electrons. The van der Waals surface area contributed by atoms with Crippen molar-refractivity contribution in [1.29, 1.82) is 0 Å². The van der Waals surface area contributed by atoms with Crippen molar-refractivity contribution in [1.82, 2.24) is 15.5 Å². The highest BCUT2D eigenvalue weighted by molar-refractivity contribution is 5.93. The van der Waals surface area contributed by atoms with Gasteiger partial charge in [-0.15, -0.1) is 0 Å². The second-order valence-corrected chi connectivity index (χ2v) is 8.74. The number of hydrogen-bond acceptors (Lipinski definition) is 3. The Balaban J connectivity index is 1.20. The van der Waals surface area contributed by atoms with Gasteiger partial charge in [0.25, 0.3) is 5.91 Å². The van der Waals surface area contributed by atoms with E-state index in [9.17, 15) is 4.79 Å². The standard InChI is InChI=1S/C26H33N3O/c1-19(16-20-6-4-3-5-7-20)24-17-25(24)28-23-12-14-29(15-13-23)18-21-8-10-22(11-9-21)26(30)27-2/h3-11,16,23-25,28H,12-15,17-18H2,1-2H3,(H,27,30)/t24?,25-/m0/s1. The fourth-order valence-corrected chi connectivity index (χ4v) is 4.53. The highest BCUT2D eigenvalue weighted by Crippen LogP contribution is 2.38. The Kier molecular flexibility index (Phi) is 6.66. The van der Waals surface area contributed by atoms with E-state index in [4.69, 9.17) is 0 Å². The van der Waals surface area contributed by atoms with Gasteiger partial charge in [-0.1, -0.05) is 54.1 Å². The average Bonchev–Trinajstić information content (AvgIpc) is 3.55. The van der Waals surface area contributed by atoms with E-state index in [-0.39, 0.29) is 5.91 Å². The highest BCUT2D eigenvalue weighted by atomic mass is 16.1. The minimum absolute atomic E-state index is 0.0272. The van der Waals surface area contributed by atoms with E-state index >= 15 is 0 Å². The molecule has 4 nitrogen and oxygen atoms in total. The smallest absolute Gasteiger partial charge is 0.251 e. The lowest BCUT2D eigenvalue weighted by Gasteiger charge is -2.32. The molecule has 2 aromatic rings. The molecule has 1 unspecified atom stereocenters. The van der Waals surface area contributed by atoms with Crippen molar-refractivity contribution in [3.8, 4) is 0 Å². The van der Waals surface area contributed by atoms with Gasteiger partial charge in [-0.25, -0.2) is 0 Å². The van der Waals surface area contributed by atoms with Gasteiger partial charge in [-0.05, 0) is 68.5 Å². The Labute approximate surface area is 180 Å². The number of piperidine rings is 1. The zero-order chi connectivity index (χ0) is 20.9. The van der Waals surface area contributed by atoms with Crippen molar-refractivity contribution in [3.63, 3.8) is 0 Å². The van der Waals surface area contributed by atoms with E-state index in [0.717, 1.165) is 25.2 Å². The molecule has 1 saturated carbocycles.